The van der Waals surface area contributed by atoms with E-state index in [1.165, 1.54) is 7.11 Å². The maximum absolute atomic E-state index is 13.5. The van der Waals surface area contributed by atoms with Crippen LogP contribution in [0.4, 0.5) is 13.2 Å². The topological polar surface area (TPSA) is 58.6 Å². The molecule has 4 nitrogen and oxygen atoms in total. The van der Waals surface area contributed by atoms with Crippen LogP contribution in [-0.4, -0.2) is 36.9 Å². The highest BCUT2D eigenvalue weighted by atomic mass is 19.4. The Balaban J connectivity index is 3.00. The summed E-state index contributed by atoms with van der Waals surface area (Å²) < 4.78 is 45.4. The van der Waals surface area contributed by atoms with Crippen molar-refractivity contribution in [2.45, 2.75) is 51.4 Å². The van der Waals surface area contributed by atoms with E-state index in [2.05, 4.69) is 5.32 Å². The molecule has 142 valence electrons. The number of amides is 1. The fraction of sp³-hybridized carbons (Fsp3) is 0.611. The number of hydrogen-bond acceptors (Lipinski definition) is 3. The standard InChI is InChI=1S/C18H26F3NO3/c1-4-5-11-17(2,18(19,20)21)16(24)22-14(12-25-3)15(23)13-9-7-6-8-10-13/h6-10,14-15,23H,4-5,11-12H2,1-3H3,(H,22,24)/t14-,15+,17+/m0/s1. The van der Waals surface area contributed by atoms with E-state index in [0.29, 0.717) is 12.0 Å². The molecule has 0 saturated carbocycles. The first kappa shape index (κ1) is 21.4. The molecule has 1 aromatic rings. The molecule has 0 aliphatic rings. The van der Waals surface area contributed by atoms with E-state index >= 15 is 0 Å². The molecule has 0 radical (unpaired) electrons. The number of ether oxygens (including phenoxy) is 1. The minimum absolute atomic E-state index is 0.108. The quantitative estimate of drug-likeness (QED) is 0.706. The van der Waals surface area contributed by atoms with Crippen LogP contribution in [0.2, 0.25) is 0 Å². The van der Waals surface area contributed by atoms with Gasteiger partial charge in [0.25, 0.3) is 0 Å². The zero-order chi connectivity index (χ0) is 19.1. The summed E-state index contributed by atoms with van der Waals surface area (Å²) >= 11 is 0. The van der Waals surface area contributed by atoms with Crippen LogP contribution in [0.3, 0.4) is 0 Å². The van der Waals surface area contributed by atoms with Crippen LogP contribution >= 0.6 is 0 Å². The van der Waals surface area contributed by atoms with Crippen molar-refractivity contribution in [3.8, 4) is 0 Å². The number of aliphatic hydroxyl groups excluding tert-OH is 1. The van der Waals surface area contributed by atoms with Gasteiger partial charge in [0.15, 0.2) is 0 Å². The van der Waals surface area contributed by atoms with Gasteiger partial charge in [-0.05, 0) is 18.9 Å². The van der Waals surface area contributed by atoms with Gasteiger partial charge in [-0.25, -0.2) is 0 Å². The first-order chi connectivity index (χ1) is 11.7. The molecule has 0 heterocycles. The molecule has 0 bridgehead atoms. The number of alkyl halides is 3. The summed E-state index contributed by atoms with van der Waals surface area (Å²) in [5.41, 5.74) is -2.02. The van der Waals surface area contributed by atoms with Crippen LogP contribution in [0.1, 0.15) is 44.8 Å². The van der Waals surface area contributed by atoms with Gasteiger partial charge in [0.05, 0.1) is 12.6 Å². The predicted molar refractivity (Wildman–Crippen MR) is 88.9 cm³/mol. The summed E-state index contributed by atoms with van der Waals surface area (Å²) in [5.74, 6) is -1.15. The van der Waals surface area contributed by atoms with E-state index in [-0.39, 0.29) is 19.4 Å². The maximum atomic E-state index is 13.5. The minimum atomic E-state index is -4.68. The van der Waals surface area contributed by atoms with Gasteiger partial charge in [0.2, 0.25) is 5.91 Å². The van der Waals surface area contributed by atoms with Gasteiger partial charge < -0.3 is 15.2 Å². The number of rotatable bonds is 9. The molecule has 1 amide bonds. The lowest BCUT2D eigenvalue weighted by molar-refractivity contribution is -0.219. The molecule has 0 aromatic heterocycles. The Labute approximate surface area is 146 Å². The highest BCUT2D eigenvalue weighted by Gasteiger charge is 2.56. The number of aliphatic hydroxyl groups is 1. The first-order valence-corrected chi connectivity index (χ1v) is 8.27. The van der Waals surface area contributed by atoms with E-state index in [0.717, 1.165) is 6.92 Å². The number of nitrogens with one attached hydrogen (secondary N) is 1. The number of carbonyl (C=O) groups is 1. The molecule has 3 atom stereocenters. The average Bonchev–Trinajstić information content (AvgIpc) is 2.58. The second kappa shape index (κ2) is 9.20. The monoisotopic (exact) mass is 361 g/mol. The molecule has 0 fully saturated rings. The molecule has 0 aliphatic heterocycles. The normalized spacial score (nSPS) is 16.8. The Bertz CT molecular complexity index is 536. The van der Waals surface area contributed by atoms with Crippen molar-refractivity contribution in [3.05, 3.63) is 35.9 Å². The van der Waals surface area contributed by atoms with E-state index in [1.807, 2.05) is 0 Å². The molecule has 0 aliphatic carbocycles. The zero-order valence-electron chi connectivity index (χ0n) is 14.8. The molecule has 0 unspecified atom stereocenters. The lowest BCUT2D eigenvalue weighted by atomic mass is 9.82. The van der Waals surface area contributed by atoms with Crippen LogP contribution in [-0.2, 0) is 9.53 Å². The molecule has 25 heavy (non-hydrogen) atoms. The lowest BCUT2D eigenvalue weighted by Crippen LogP contribution is -2.53. The predicted octanol–water partition coefficient (Wildman–Crippen LogP) is 3.61. The summed E-state index contributed by atoms with van der Waals surface area (Å²) in [7, 11) is 1.36. The van der Waals surface area contributed by atoms with Gasteiger partial charge in [0, 0.05) is 7.11 Å². The van der Waals surface area contributed by atoms with Gasteiger partial charge in [-0.2, -0.15) is 13.2 Å². The third kappa shape index (κ3) is 5.44. The van der Waals surface area contributed by atoms with Gasteiger partial charge in [-0.3, -0.25) is 4.79 Å². The molecule has 1 aromatic carbocycles. The molecule has 0 spiro atoms. The summed E-state index contributed by atoms with van der Waals surface area (Å²) in [4.78, 5) is 12.4. The van der Waals surface area contributed by atoms with E-state index < -0.39 is 29.6 Å². The van der Waals surface area contributed by atoms with Gasteiger partial charge in [-0.15, -0.1) is 0 Å². The van der Waals surface area contributed by atoms with Crippen molar-refractivity contribution in [2.24, 2.45) is 5.41 Å². The summed E-state index contributed by atoms with van der Waals surface area (Å²) in [6.07, 6.45) is -5.33. The number of methoxy groups -OCH3 is 1. The second-order valence-electron chi connectivity index (χ2n) is 6.32. The molecule has 1 rings (SSSR count). The SMILES string of the molecule is CCCC[C@](C)(C(=O)N[C@@H](COC)[C@H](O)c1ccccc1)C(F)(F)F. The smallest absolute Gasteiger partial charge is 0.386 e. The third-order valence-corrected chi connectivity index (χ3v) is 4.34. The summed E-state index contributed by atoms with van der Waals surface area (Å²) in [6, 6.07) is 7.45. The van der Waals surface area contributed by atoms with Crippen molar-refractivity contribution in [2.75, 3.05) is 13.7 Å². The van der Waals surface area contributed by atoms with E-state index in [4.69, 9.17) is 4.74 Å². The highest BCUT2D eigenvalue weighted by molar-refractivity contribution is 5.83. The van der Waals surface area contributed by atoms with Crippen LogP contribution in [0.25, 0.3) is 0 Å². The average molecular weight is 361 g/mol. The fourth-order valence-electron chi connectivity index (χ4n) is 2.52. The van der Waals surface area contributed by atoms with Crippen molar-refractivity contribution in [1.29, 1.82) is 0 Å². The highest BCUT2D eigenvalue weighted by Crippen LogP contribution is 2.42. The van der Waals surface area contributed by atoms with Crippen molar-refractivity contribution < 1.29 is 27.8 Å². The summed E-state index contributed by atoms with van der Waals surface area (Å²) in [5, 5.41) is 12.8. The molecule has 0 saturated heterocycles. The van der Waals surface area contributed by atoms with Gasteiger partial charge >= 0.3 is 6.18 Å². The van der Waals surface area contributed by atoms with E-state index in [1.54, 1.807) is 37.3 Å². The van der Waals surface area contributed by atoms with E-state index in [9.17, 15) is 23.1 Å². The van der Waals surface area contributed by atoms with Crippen molar-refractivity contribution in [3.63, 3.8) is 0 Å². The third-order valence-electron chi connectivity index (χ3n) is 4.34. The second-order valence-corrected chi connectivity index (χ2v) is 6.32. The van der Waals surface area contributed by atoms with Crippen LogP contribution in [0.5, 0.6) is 0 Å². The Morgan fingerprint density at radius 1 is 1.28 bits per heavy atom. The van der Waals surface area contributed by atoms with Crippen molar-refractivity contribution >= 4 is 5.91 Å². The maximum Gasteiger partial charge on any atom is 0.402 e. The Hall–Kier alpha value is -1.60. The van der Waals surface area contributed by atoms with Crippen LogP contribution in [0.15, 0.2) is 30.3 Å². The summed E-state index contributed by atoms with van der Waals surface area (Å²) in [6.45, 7) is 2.56. The van der Waals surface area contributed by atoms with Crippen LogP contribution in [0, 0.1) is 5.41 Å². The Morgan fingerprint density at radius 3 is 2.36 bits per heavy atom. The molecule has 2 N–H and O–H groups in total. The molecular weight excluding hydrogens is 335 g/mol. The molecule has 7 heteroatoms. The number of halogens is 3. The van der Waals surface area contributed by atoms with Crippen LogP contribution < -0.4 is 5.32 Å². The fourth-order valence-corrected chi connectivity index (χ4v) is 2.52. The van der Waals surface area contributed by atoms with Crippen molar-refractivity contribution in [1.82, 2.24) is 5.32 Å². The minimum Gasteiger partial charge on any atom is -0.386 e. The number of unbranched alkanes of at least 4 members (excludes halogenated alkanes) is 1. The first-order valence-electron chi connectivity index (χ1n) is 8.27. The lowest BCUT2D eigenvalue weighted by Gasteiger charge is -2.33. The number of carbonyl (C=O) groups excluding carboxylic acids is 1. The number of benzene rings is 1. The Morgan fingerprint density at radius 2 is 1.88 bits per heavy atom. The van der Waals surface area contributed by atoms with Gasteiger partial charge in [-0.1, -0.05) is 50.1 Å². The molecular formula is C18H26F3NO3. The van der Waals surface area contributed by atoms with Gasteiger partial charge in [0.1, 0.15) is 11.5 Å². The number of hydrogen-bond donors (Lipinski definition) is 2. The largest absolute Gasteiger partial charge is 0.402 e. The Kier molecular flexibility index (Phi) is 7.89. The zero-order valence-corrected chi connectivity index (χ0v) is 14.8.